The summed E-state index contributed by atoms with van der Waals surface area (Å²) in [6.07, 6.45) is 0. The largest absolute Gasteiger partial charge is 0.310 e. The van der Waals surface area contributed by atoms with Crippen LogP contribution in [0.15, 0.2) is 249 Å². The van der Waals surface area contributed by atoms with Crippen LogP contribution in [-0.4, -0.2) is 9.13 Å². The average Bonchev–Trinajstić information content (AvgIpc) is 3.88. The van der Waals surface area contributed by atoms with Crippen molar-refractivity contribution in [1.29, 1.82) is 0 Å². The lowest BCUT2D eigenvalue weighted by Gasteiger charge is -2.26. The van der Waals surface area contributed by atoms with Gasteiger partial charge in [0.25, 0.3) is 0 Å². The van der Waals surface area contributed by atoms with E-state index in [1.54, 1.807) is 0 Å². The Labute approximate surface area is 366 Å². The maximum atomic E-state index is 2.41. The maximum absolute atomic E-state index is 2.41. The molecule has 0 aliphatic carbocycles. The number of rotatable bonds is 8. The first-order chi connectivity index (χ1) is 31.3. The number of anilines is 3. The van der Waals surface area contributed by atoms with E-state index in [4.69, 9.17) is 0 Å². The van der Waals surface area contributed by atoms with Crippen LogP contribution in [0.3, 0.4) is 0 Å². The lowest BCUT2D eigenvalue weighted by atomic mass is 9.99. The van der Waals surface area contributed by atoms with Gasteiger partial charge in [0.05, 0.1) is 22.1 Å². The second kappa shape index (κ2) is 15.3. The lowest BCUT2D eigenvalue weighted by Crippen LogP contribution is -2.10. The maximum Gasteiger partial charge on any atom is 0.0547 e. The van der Waals surface area contributed by atoms with Crippen molar-refractivity contribution in [3.05, 3.63) is 249 Å². The summed E-state index contributed by atoms with van der Waals surface area (Å²) in [5, 5.41) is 4.95. The molecule has 0 aliphatic heterocycles. The minimum absolute atomic E-state index is 1.08. The molecule has 0 N–H and O–H groups in total. The van der Waals surface area contributed by atoms with Gasteiger partial charge in [-0.1, -0.05) is 164 Å². The van der Waals surface area contributed by atoms with Crippen molar-refractivity contribution in [3.8, 4) is 44.8 Å². The monoisotopic (exact) mass is 803 g/mol. The first-order valence-electron chi connectivity index (χ1n) is 21.6. The molecule has 0 atom stereocenters. The SMILES string of the molecule is c1ccc(-c2ccc(N(c3ccc(-c4ccc5c6ccccc6n(-c6ccccc6)c5c4)cc3)c3ccc4c(c3)c3c(-c5ccccc5)cccc3n4-c3ccccc3)cc2)cc1. The van der Waals surface area contributed by atoms with Crippen LogP contribution in [0.1, 0.15) is 0 Å². The van der Waals surface area contributed by atoms with E-state index in [1.165, 1.54) is 77.0 Å². The third kappa shape index (κ3) is 6.29. The summed E-state index contributed by atoms with van der Waals surface area (Å²) in [5.74, 6) is 0. The highest BCUT2D eigenvalue weighted by molar-refractivity contribution is 6.17. The number of fused-ring (bicyclic) bond motifs is 6. The molecule has 0 spiro atoms. The fraction of sp³-hybridized carbons (Fsp3) is 0. The first kappa shape index (κ1) is 36.5. The van der Waals surface area contributed by atoms with Crippen LogP contribution in [0.2, 0.25) is 0 Å². The fourth-order valence-electron chi connectivity index (χ4n) is 9.60. The second-order valence-corrected chi connectivity index (χ2v) is 16.2. The molecule has 0 saturated carbocycles. The second-order valence-electron chi connectivity index (χ2n) is 16.2. The topological polar surface area (TPSA) is 13.1 Å². The molecule has 3 nitrogen and oxygen atoms in total. The van der Waals surface area contributed by atoms with Crippen molar-refractivity contribution in [2.75, 3.05) is 4.90 Å². The predicted molar refractivity (Wildman–Crippen MR) is 266 cm³/mol. The van der Waals surface area contributed by atoms with Gasteiger partial charge in [-0.3, -0.25) is 0 Å². The van der Waals surface area contributed by atoms with E-state index in [0.717, 1.165) is 28.4 Å². The van der Waals surface area contributed by atoms with E-state index in [0.29, 0.717) is 0 Å². The van der Waals surface area contributed by atoms with Gasteiger partial charge in [0.1, 0.15) is 0 Å². The summed E-state index contributed by atoms with van der Waals surface area (Å²) in [5.41, 5.74) is 17.5. The predicted octanol–water partition coefficient (Wildman–Crippen LogP) is 16.4. The Kier molecular flexibility index (Phi) is 8.83. The van der Waals surface area contributed by atoms with Crippen molar-refractivity contribution >= 4 is 60.7 Å². The van der Waals surface area contributed by atoms with Crippen molar-refractivity contribution in [2.45, 2.75) is 0 Å². The highest BCUT2D eigenvalue weighted by Crippen LogP contribution is 2.44. The average molecular weight is 804 g/mol. The molecule has 63 heavy (non-hydrogen) atoms. The van der Waals surface area contributed by atoms with Crippen LogP contribution < -0.4 is 4.90 Å². The molecule has 10 aromatic carbocycles. The summed E-state index contributed by atoms with van der Waals surface area (Å²) >= 11 is 0. The van der Waals surface area contributed by atoms with Gasteiger partial charge in [0.2, 0.25) is 0 Å². The van der Waals surface area contributed by atoms with Gasteiger partial charge < -0.3 is 14.0 Å². The molecular formula is C60H41N3. The van der Waals surface area contributed by atoms with Gasteiger partial charge in [-0.2, -0.15) is 0 Å². The Hall–Kier alpha value is -8.40. The van der Waals surface area contributed by atoms with E-state index >= 15 is 0 Å². The molecule has 0 unspecified atom stereocenters. The van der Waals surface area contributed by atoms with E-state index in [1.807, 2.05) is 0 Å². The molecule has 296 valence electrons. The van der Waals surface area contributed by atoms with Crippen LogP contribution >= 0.6 is 0 Å². The summed E-state index contributed by atoms with van der Waals surface area (Å²) < 4.78 is 4.79. The molecule has 2 heterocycles. The van der Waals surface area contributed by atoms with Gasteiger partial charge in [0.15, 0.2) is 0 Å². The van der Waals surface area contributed by atoms with Crippen molar-refractivity contribution in [1.82, 2.24) is 9.13 Å². The molecule has 0 radical (unpaired) electrons. The Morgan fingerprint density at radius 1 is 0.254 bits per heavy atom. The molecular weight excluding hydrogens is 763 g/mol. The van der Waals surface area contributed by atoms with Crippen molar-refractivity contribution in [3.63, 3.8) is 0 Å². The van der Waals surface area contributed by atoms with Crippen LogP contribution in [0, 0.1) is 0 Å². The zero-order chi connectivity index (χ0) is 41.7. The first-order valence-corrected chi connectivity index (χ1v) is 21.6. The van der Waals surface area contributed by atoms with E-state index < -0.39 is 0 Å². The molecule has 0 saturated heterocycles. The fourth-order valence-corrected chi connectivity index (χ4v) is 9.60. The number of aromatic nitrogens is 2. The number of para-hydroxylation sites is 3. The Bertz CT molecular complexity index is 3570. The van der Waals surface area contributed by atoms with Gasteiger partial charge in [0, 0.05) is 50.0 Å². The normalized spacial score (nSPS) is 11.5. The molecule has 2 aromatic heterocycles. The van der Waals surface area contributed by atoms with Crippen LogP contribution in [-0.2, 0) is 0 Å². The van der Waals surface area contributed by atoms with Crippen LogP contribution in [0.25, 0.3) is 88.4 Å². The third-order valence-corrected chi connectivity index (χ3v) is 12.5. The highest BCUT2D eigenvalue weighted by atomic mass is 15.1. The van der Waals surface area contributed by atoms with Gasteiger partial charge >= 0.3 is 0 Å². The summed E-state index contributed by atoms with van der Waals surface area (Å²) in [4.78, 5) is 2.39. The summed E-state index contributed by atoms with van der Waals surface area (Å²) in [6, 6.07) is 90.1. The Balaban J connectivity index is 1.02. The van der Waals surface area contributed by atoms with Crippen molar-refractivity contribution in [2.24, 2.45) is 0 Å². The number of hydrogen-bond donors (Lipinski definition) is 0. The van der Waals surface area contributed by atoms with Crippen molar-refractivity contribution < 1.29 is 0 Å². The molecule has 3 heteroatoms. The van der Waals surface area contributed by atoms with Gasteiger partial charge in [-0.25, -0.2) is 0 Å². The van der Waals surface area contributed by atoms with E-state index in [9.17, 15) is 0 Å². The number of nitrogens with zero attached hydrogens (tertiary/aromatic N) is 3. The Morgan fingerprint density at radius 2 is 0.714 bits per heavy atom. The number of hydrogen-bond acceptors (Lipinski definition) is 1. The Morgan fingerprint density at radius 3 is 1.37 bits per heavy atom. The minimum atomic E-state index is 1.08. The smallest absolute Gasteiger partial charge is 0.0547 e. The van der Waals surface area contributed by atoms with Crippen LogP contribution in [0.4, 0.5) is 17.1 Å². The summed E-state index contributed by atoms with van der Waals surface area (Å²) in [6.45, 7) is 0. The molecule has 0 bridgehead atoms. The summed E-state index contributed by atoms with van der Waals surface area (Å²) in [7, 11) is 0. The molecule has 0 amide bonds. The molecule has 12 aromatic rings. The lowest BCUT2D eigenvalue weighted by molar-refractivity contribution is 1.18. The molecule has 0 aliphatic rings. The molecule has 0 fully saturated rings. The standard InChI is InChI=1S/C60H41N3/c1-5-16-42(17-6-1)43-28-33-49(34-29-43)61(50-35-30-44(31-36-50)46-32-38-54-53-24-13-14-26-56(53)63(59(54)40-46)48-22-11-4-12-23-48)51-37-39-57-55(41-51)60-52(45-18-7-2-8-19-45)25-15-27-58(60)62(57)47-20-9-3-10-21-47/h1-41H. The minimum Gasteiger partial charge on any atom is -0.310 e. The quantitative estimate of drug-likeness (QED) is 0.149. The highest BCUT2D eigenvalue weighted by Gasteiger charge is 2.20. The number of benzene rings is 10. The zero-order valence-corrected chi connectivity index (χ0v) is 34.5. The van der Waals surface area contributed by atoms with Crippen LogP contribution in [0.5, 0.6) is 0 Å². The zero-order valence-electron chi connectivity index (χ0n) is 34.5. The van der Waals surface area contributed by atoms with E-state index in [-0.39, 0.29) is 0 Å². The van der Waals surface area contributed by atoms with E-state index in [2.05, 4.69) is 263 Å². The van der Waals surface area contributed by atoms with Gasteiger partial charge in [-0.15, -0.1) is 0 Å². The third-order valence-electron chi connectivity index (χ3n) is 12.5. The van der Waals surface area contributed by atoms with Gasteiger partial charge in [-0.05, 0) is 118 Å². The molecule has 12 rings (SSSR count).